The van der Waals surface area contributed by atoms with Crippen LogP contribution in [0, 0.1) is 11.3 Å². The monoisotopic (exact) mass is 375 g/mol. The van der Waals surface area contributed by atoms with Crippen molar-refractivity contribution in [2.75, 3.05) is 33.3 Å². The fourth-order valence-corrected chi connectivity index (χ4v) is 2.67. The molecular weight excluding hydrogens is 353 g/mol. The highest BCUT2D eigenvalue weighted by Crippen LogP contribution is 2.33. The molecule has 0 radical (unpaired) electrons. The van der Waals surface area contributed by atoms with Gasteiger partial charge in [-0.1, -0.05) is 6.07 Å². The number of piperazine rings is 1. The van der Waals surface area contributed by atoms with Crippen molar-refractivity contribution in [1.29, 1.82) is 5.26 Å². The number of ether oxygens (including phenoxy) is 2. The first-order chi connectivity index (χ1) is 10.7. The molecule has 2 rings (SSSR count). The summed E-state index contributed by atoms with van der Waals surface area (Å²) in [5, 5.41) is 12.4. The fraction of sp³-hybridized carbons (Fsp3) is 0.500. The molecule has 1 aliphatic rings. The van der Waals surface area contributed by atoms with Gasteiger partial charge >= 0.3 is 5.97 Å². The van der Waals surface area contributed by atoms with Crippen molar-refractivity contribution in [1.82, 2.24) is 10.2 Å². The van der Waals surface area contributed by atoms with Crippen molar-refractivity contribution in [3.63, 3.8) is 0 Å². The molecule has 1 atom stereocenters. The van der Waals surface area contributed by atoms with Gasteiger partial charge in [0.15, 0.2) is 11.5 Å². The van der Waals surface area contributed by atoms with Crippen molar-refractivity contribution in [3.8, 4) is 17.6 Å². The zero-order valence-electron chi connectivity index (χ0n) is 13.8. The van der Waals surface area contributed by atoms with Crippen LogP contribution in [0.5, 0.6) is 11.5 Å². The number of carbonyl (C=O) groups excluding carboxylic acids is 1. The Hall–Kier alpha value is -1.52. The van der Waals surface area contributed by atoms with Gasteiger partial charge in [0.1, 0.15) is 0 Å². The van der Waals surface area contributed by atoms with Gasteiger partial charge in [-0.3, -0.25) is 9.69 Å². The predicted molar refractivity (Wildman–Crippen MR) is 96.2 cm³/mol. The van der Waals surface area contributed by atoms with E-state index in [0.29, 0.717) is 17.9 Å². The van der Waals surface area contributed by atoms with Crippen LogP contribution < -0.4 is 14.8 Å². The van der Waals surface area contributed by atoms with Crippen LogP contribution in [0.2, 0.25) is 0 Å². The van der Waals surface area contributed by atoms with Gasteiger partial charge in [0.25, 0.3) is 0 Å². The van der Waals surface area contributed by atoms with Crippen molar-refractivity contribution < 1.29 is 14.3 Å². The molecule has 0 amide bonds. The second-order valence-corrected chi connectivity index (χ2v) is 5.17. The lowest BCUT2D eigenvalue weighted by atomic mass is 10.0. The maximum absolute atomic E-state index is 11.1. The number of rotatable bonds is 5. The van der Waals surface area contributed by atoms with Gasteiger partial charge in [0, 0.05) is 39.1 Å². The number of esters is 1. The number of nitrogens with one attached hydrogen (secondary N) is 1. The summed E-state index contributed by atoms with van der Waals surface area (Å²) in [7, 11) is 1.54. The van der Waals surface area contributed by atoms with E-state index in [2.05, 4.69) is 16.3 Å². The minimum Gasteiger partial charge on any atom is -0.493 e. The molecule has 1 N–H and O–H groups in total. The highest BCUT2D eigenvalue weighted by Gasteiger charge is 2.23. The van der Waals surface area contributed by atoms with E-state index >= 15 is 0 Å². The normalized spacial score (nSPS) is 15.2. The summed E-state index contributed by atoms with van der Waals surface area (Å²) in [6, 6.07) is 7.75. The lowest BCUT2D eigenvalue weighted by Gasteiger charge is -2.34. The third-order valence-corrected chi connectivity index (χ3v) is 3.70. The Labute approximate surface area is 154 Å². The number of benzene rings is 1. The first-order valence-electron chi connectivity index (χ1n) is 7.33. The van der Waals surface area contributed by atoms with Gasteiger partial charge in [-0.25, -0.2) is 0 Å². The number of nitriles is 1. The second-order valence-electron chi connectivity index (χ2n) is 5.17. The Morgan fingerprint density at radius 3 is 2.54 bits per heavy atom. The third kappa shape index (κ3) is 5.84. The van der Waals surface area contributed by atoms with Crippen LogP contribution in [-0.4, -0.2) is 44.2 Å². The van der Waals surface area contributed by atoms with E-state index in [4.69, 9.17) is 14.7 Å². The fourth-order valence-electron chi connectivity index (χ4n) is 2.67. The van der Waals surface area contributed by atoms with Gasteiger partial charge in [0.05, 0.1) is 19.6 Å². The number of hydrogen-bond acceptors (Lipinski definition) is 6. The highest BCUT2D eigenvalue weighted by atomic mass is 35.5. The minimum absolute atomic E-state index is 0. The first-order valence-corrected chi connectivity index (χ1v) is 7.33. The maximum atomic E-state index is 11.1. The van der Waals surface area contributed by atoms with Crippen molar-refractivity contribution in [2.24, 2.45) is 0 Å². The number of hydrogen-bond donors (Lipinski definition) is 1. The van der Waals surface area contributed by atoms with Gasteiger partial charge in [-0.2, -0.15) is 5.26 Å². The van der Waals surface area contributed by atoms with Gasteiger partial charge in [0.2, 0.25) is 0 Å². The molecule has 1 fully saturated rings. The SMILES string of the molecule is COc1cc([C@H](CC#N)N2CCNCC2)ccc1OC(C)=O.Cl.Cl. The molecule has 0 aliphatic carbocycles. The van der Waals surface area contributed by atoms with Gasteiger partial charge in [-0.15, -0.1) is 24.8 Å². The lowest BCUT2D eigenvalue weighted by Crippen LogP contribution is -2.45. The Balaban J connectivity index is 0.00000264. The van der Waals surface area contributed by atoms with Crippen LogP contribution in [0.3, 0.4) is 0 Å². The van der Waals surface area contributed by atoms with E-state index in [9.17, 15) is 4.79 Å². The molecule has 0 bridgehead atoms. The van der Waals surface area contributed by atoms with Crippen LogP contribution in [0.4, 0.5) is 0 Å². The van der Waals surface area contributed by atoms with E-state index in [1.54, 1.807) is 6.07 Å². The quantitative estimate of drug-likeness (QED) is 0.628. The minimum atomic E-state index is -0.387. The second kappa shape index (κ2) is 11.1. The molecule has 0 spiro atoms. The van der Waals surface area contributed by atoms with E-state index in [1.165, 1.54) is 14.0 Å². The molecule has 1 aromatic rings. The smallest absolute Gasteiger partial charge is 0.308 e. The third-order valence-electron chi connectivity index (χ3n) is 3.70. The standard InChI is InChI=1S/C16H21N3O3.2ClH/c1-12(20)22-15-4-3-13(11-16(15)21-2)14(5-6-17)19-9-7-18-8-10-19;;/h3-4,11,14,18H,5,7-10H2,1-2H3;2*1H/t14-;;/m0../s1. The Bertz CT molecular complexity index is 572. The van der Waals surface area contributed by atoms with Crippen LogP contribution >= 0.6 is 24.8 Å². The molecule has 0 saturated carbocycles. The summed E-state index contributed by atoms with van der Waals surface area (Å²) in [6.07, 6.45) is 0.413. The Kier molecular flexibility index (Phi) is 10.4. The molecule has 8 heteroatoms. The van der Waals surface area contributed by atoms with Gasteiger partial charge < -0.3 is 14.8 Å². The maximum Gasteiger partial charge on any atom is 0.308 e. The van der Waals surface area contributed by atoms with Crippen LogP contribution in [0.15, 0.2) is 18.2 Å². The summed E-state index contributed by atoms with van der Waals surface area (Å²) < 4.78 is 10.4. The zero-order chi connectivity index (χ0) is 15.9. The largest absolute Gasteiger partial charge is 0.493 e. The number of methoxy groups -OCH3 is 1. The number of nitrogens with zero attached hydrogens (tertiary/aromatic N) is 2. The van der Waals surface area contributed by atoms with E-state index in [-0.39, 0.29) is 36.8 Å². The molecule has 1 aromatic carbocycles. The van der Waals surface area contributed by atoms with Crippen molar-refractivity contribution in [2.45, 2.75) is 19.4 Å². The average Bonchev–Trinajstić information content (AvgIpc) is 2.53. The first kappa shape index (κ1) is 22.5. The van der Waals surface area contributed by atoms with Crippen molar-refractivity contribution in [3.05, 3.63) is 23.8 Å². The molecule has 1 heterocycles. The summed E-state index contributed by atoms with van der Waals surface area (Å²) >= 11 is 0. The van der Waals surface area contributed by atoms with Crippen LogP contribution in [0.25, 0.3) is 0 Å². The van der Waals surface area contributed by atoms with Gasteiger partial charge in [-0.05, 0) is 17.7 Å². The average molecular weight is 376 g/mol. The molecule has 0 unspecified atom stereocenters. The van der Waals surface area contributed by atoms with E-state index in [1.807, 2.05) is 12.1 Å². The molecule has 24 heavy (non-hydrogen) atoms. The molecule has 1 aliphatic heterocycles. The molecular formula is C16H23Cl2N3O3. The zero-order valence-corrected chi connectivity index (χ0v) is 15.4. The number of halogens is 2. The lowest BCUT2D eigenvalue weighted by molar-refractivity contribution is -0.132. The topological polar surface area (TPSA) is 74.6 Å². The molecule has 1 saturated heterocycles. The van der Waals surface area contributed by atoms with Crippen LogP contribution in [-0.2, 0) is 4.79 Å². The van der Waals surface area contributed by atoms with E-state index < -0.39 is 0 Å². The summed E-state index contributed by atoms with van der Waals surface area (Å²) in [5.41, 5.74) is 0.996. The summed E-state index contributed by atoms with van der Waals surface area (Å²) in [4.78, 5) is 13.4. The summed E-state index contributed by atoms with van der Waals surface area (Å²) in [6.45, 7) is 5.00. The highest BCUT2D eigenvalue weighted by molar-refractivity contribution is 5.85. The van der Waals surface area contributed by atoms with E-state index in [0.717, 1.165) is 31.7 Å². The Morgan fingerprint density at radius 1 is 1.33 bits per heavy atom. The predicted octanol–water partition coefficient (Wildman–Crippen LogP) is 2.32. The molecule has 6 nitrogen and oxygen atoms in total. The number of carbonyl (C=O) groups is 1. The summed E-state index contributed by atoms with van der Waals surface area (Å²) in [5.74, 6) is 0.516. The van der Waals surface area contributed by atoms with Crippen molar-refractivity contribution >= 4 is 30.8 Å². The Morgan fingerprint density at radius 2 is 2.00 bits per heavy atom. The molecule has 0 aromatic heterocycles. The van der Waals surface area contributed by atoms with Crippen LogP contribution in [0.1, 0.15) is 24.9 Å². The molecule has 134 valence electrons.